The van der Waals surface area contributed by atoms with E-state index < -0.39 is 5.60 Å². The lowest BCUT2D eigenvalue weighted by molar-refractivity contribution is -0.0232. The van der Waals surface area contributed by atoms with Crippen molar-refractivity contribution >= 4 is 40.2 Å². The summed E-state index contributed by atoms with van der Waals surface area (Å²) in [6.45, 7) is 2.39. The van der Waals surface area contributed by atoms with Crippen LogP contribution in [0, 0.1) is 0 Å². The van der Waals surface area contributed by atoms with E-state index in [4.69, 9.17) is 20.4 Å². The summed E-state index contributed by atoms with van der Waals surface area (Å²) >= 11 is 5.90. The van der Waals surface area contributed by atoms with Crippen LogP contribution in [0.3, 0.4) is 0 Å². The molecule has 1 amide bonds. The van der Waals surface area contributed by atoms with Crippen molar-refractivity contribution in [1.29, 1.82) is 0 Å². The zero-order valence-electron chi connectivity index (χ0n) is 18.5. The maximum Gasteiger partial charge on any atom is 0.291 e. The normalized spacial score (nSPS) is 16.3. The fourth-order valence-corrected chi connectivity index (χ4v) is 4.39. The SMILES string of the molecule is O=C(Nc1ccc(Cl)cc1)c1cc2cc(C3(O)CCN(CC=Cc4ccco4)CC3)ccc2o1. The van der Waals surface area contributed by atoms with Crippen LogP contribution in [0.25, 0.3) is 17.0 Å². The number of likely N-dealkylation sites (tertiary alicyclic amines) is 1. The van der Waals surface area contributed by atoms with Gasteiger partial charge in [-0.25, -0.2) is 0 Å². The van der Waals surface area contributed by atoms with Crippen molar-refractivity contribution in [2.45, 2.75) is 18.4 Å². The van der Waals surface area contributed by atoms with Gasteiger partial charge in [-0.1, -0.05) is 23.7 Å². The van der Waals surface area contributed by atoms with Gasteiger partial charge in [0.15, 0.2) is 5.76 Å². The van der Waals surface area contributed by atoms with Crippen LogP contribution in [-0.4, -0.2) is 35.5 Å². The molecule has 174 valence electrons. The van der Waals surface area contributed by atoms with E-state index in [0.717, 1.165) is 36.3 Å². The molecule has 0 radical (unpaired) electrons. The molecule has 1 fully saturated rings. The number of carbonyl (C=O) groups excluding carboxylic acids is 1. The Morgan fingerprint density at radius 2 is 1.91 bits per heavy atom. The molecule has 1 saturated heterocycles. The highest BCUT2D eigenvalue weighted by atomic mass is 35.5. The van der Waals surface area contributed by atoms with Gasteiger partial charge in [0.1, 0.15) is 11.3 Å². The summed E-state index contributed by atoms with van der Waals surface area (Å²) < 4.78 is 11.1. The van der Waals surface area contributed by atoms with E-state index in [1.807, 2.05) is 36.4 Å². The Labute approximate surface area is 202 Å². The lowest BCUT2D eigenvalue weighted by Gasteiger charge is -2.38. The van der Waals surface area contributed by atoms with Crippen LogP contribution in [-0.2, 0) is 5.60 Å². The van der Waals surface area contributed by atoms with Crippen LogP contribution in [0.1, 0.15) is 34.7 Å². The standard InChI is InChI=1S/C27H25ClN2O4/c28-21-6-8-22(9-7-21)29-26(31)25-18-19-17-20(5-10-24(19)34-25)27(32)11-14-30(15-12-27)13-1-3-23-4-2-16-33-23/h1-10,16-18,32H,11-15H2,(H,29,31). The Balaban J connectivity index is 1.24. The van der Waals surface area contributed by atoms with E-state index in [-0.39, 0.29) is 11.7 Å². The number of carbonyl (C=O) groups is 1. The number of hydrogen-bond donors (Lipinski definition) is 2. The number of furan rings is 2. The maximum atomic E-state index is 12.6. The van der Waals surface area contributed by atoms with Crippen LogP contribution in [0.2, 0.25) is 5.02 Å². The second kappa shape index (κ2) is 9.50. The minimum Gasteiger partial charge on any atom is -0.465 e. The molecule has 0 aliphatic carbocycles. The summed E-state index contributed by atoms with van der Waals surface area (Å²) in [6.07, 6.45) is 6.97. The van der Waals surface area contributed by atoms with Crippen LogP contribution in [0.15, 0.2) is 81.8 Å². The van der Waals surface area contributed by atoms with Gasteiger partial charge in [-0.15, -0.1) is 0 Å². The highest BCUT2D eigenvalue weighted by Gasteiger charge is 2.34. The first kappa shape index (κ1) is 22.5. The topological polar surface area (TPSA) is 78.9 Å². The molecule has 2 aromatic carbocycles. The monoisotopic (exact) mass is 476 g/mol. The first-order valence-electron chi connectivity index (χ1n) is 11.2. The van der Waals surface area contributed by atoms with Crippen LogP contribution >= 0.6 is 11.6 Å². The van der Waals surface area contributed by atoms with Gasteiger partial charge in [0, 0.05) is 35.7 Å². The molecule has 2 N–H and O–H groups in total. The fraction of sp³-hybridized carbons (Fsp3) is 0.222. The van der Waals surface area contributed by atoms with Crippen molar-refractivity contribution in [1.82, 2.24) is 4.90 Å². The lowest BCUT2D eigenvalue weighted by Crippen LogP contribution is -2.42. The Bertz CT molecular complexity index is 1300. The van der Waals surface area contributed by atoms with Crippen molar-refractivity contribution in [3.05, 3.63) is 95.1 Å². The van der Waals surface area contributed by atoms with Crippen LogP contribution < -0.4 is 5.32 Å². The lowest BCUT2D eigenvalue weighted by atomic mass is 9.84. The third kappa shape index (κ3) is 4.94. The number of anilines is 1. The number of amides is 1. The van der Waals surface area contributed by atoms with Crippen LogP contribution in [0.5, 0.6) is 0 Å². The molecule has 0 bridgehead atoms. The van der Waals surface area contributed by atoms with Crippen molar-refractivity contribution in [3.8, 4) is 0 Å². The van der Waals surface area contributed by atoms with E-state index in [2.05, 4.69) is 16.3 Å². The molecule has 34 heavy (non-hydrogen) atoms. The van der Waals surface area contributed by atoms with Gasteiger partial charge < -0.3 is 19.3 Å². The van der Waals surface area contributed by atoms with Gasteiger partial charge in [-0.2, -0.15) is 0 Å². The Kier molecular flexibility index (Phi) is 6.28. The zero-order chi connectivity index (χ0) is 23.5. The van der Waals surface area contributed by atoms with Crippen molar-refractivity contribution in [2.24, 2.45) is 0 Å². The summed E-state index contributed by atoms with van der Waals surface area (Å²) in [7, 11) is 0. The smallest absolute Gasteiger partial charge is 0.291 e. The van der Waals surface area contributed by atoms with Gasteiger partial charge in [0.05, 0.1) is 11.9 Å². The highest BCUT2D eigenvalue weighted by molar-refractivity contribution is 6.30. The second-order valence-corrected chi connectivity index (χ2v) is 9.01. The number of aliphatic hydroxyl groups is 1. The zero-order valence-corrected chi connectivity index (χ0v) is 19.3. The number of nitrogens with zero attached hydrogens (tertiary/aromatic N) is 1. The first-order valence-corrected chi connectivity index (χ1v) is 11.6. The number of rotatable bonds is 6. The first-order chi connectivity index (χ1) is 16.5. The van der Waals surface area contributed by atoms with E-state index in [1.165, 1.54) is 0 Å². The Hall–Kier alpha value is -3.32. The second-order valence-electron chi connectivity index (χ2n) is 8.57. The number of nitrogens with one attached hydrogen (secondary N) is 1. The molecule has 3 heterocycles. The molecule has 7 heteroatoms. The van der Waals surface area contributed by atoms with Crippen molar-refractivity contribution in [3.63, 3.8) is 0 Å². The largest absolute Gasteiger partial charge is 0.465 e. The fourth-order valence-electron chi connectivity index (χ4n) is 4.27. The Morgan fingerprint density at radius 3 is 2.65 bits per heavy atom. The van der Waals surface area contributed by atoms with Gasteiger partial charge in [0.25, 0.3) is 5.91 Å². The third-order valence-corrected chi connectivity index (χ3v) is 6.50. The quantitative estimate of drug-likeness (QED) is 0.360. The van der Waals surface area contributed by atoms with Crippen molar-refractivity contribution in [2.75, 3.05) is 25.0 Å². The summed E-state index contributed by atoms with van der Waals surface area (Å²) in [4.78, 5) is 14.9. The van der Waals surface area contributed by atoms with Crippen molar-refractivity contribution < 1.29 is 18.7 Å². The van der Waals surface area contributed by atoms with E-state index in [0.29, 0.717) is 29.1 Å². The molecule has 0 unspecified atom stereocenters. The number of hydrogen-bond acceptors (Lipinski definition) is 5. The molecule has 1 aliphatic heterocycles. The Morgan fingerprint density at radius 1 is 1.12 bits per heavy atom. The summed E-state index contributed by atoms with van der Waals surface area (Å²) in [5.41, 5.74) is 1.18. The molecule has 6 nitrogen and oxygen atoms in total. The number of piperidine rings is 1. The molecule has 4 aromatic rings. The number of fused-ring (bicyclic) bond motifs is 1. The molecule has 1 aliphatic rings. The molecule has 0 saturated carbocycles. The molecular formula is C27H25ClN2O4. The van der Waals surface area contributed by atoms with E-state index >= 15 is 0 Å². The highest BCUT2D eigenvalue weighted by Crippen LogP contribution is 2.35. The van der Waals surface area contributed by atoms with E-state index in [1.54, 1.807) is 36.6 Å². The molecule has 0 atom stereocenters. The van der Waals surface area contributed by atoms with Crippen LogP contribution in [0.4, 0.5) is 5.69 Å². The number of benzene rings is 2. The maximum absolute atomic E-state index is 12.6. The summed E-state index contributed by atoms with van der Waals surface area (Å²) in [5.74, 6) is 0.713. The average molecular weight is 477 g/mol. The molecular weight excluding hydrogens is 452 g/mol. The molecule has 0 spiro atoms. The van der Waals surface area contributed by atoms with Gasteiger partial charge in [0.2, 0.25) is 0 Å². The minimum absolute atomic E-state index is 0.215. The molecule has 2 aromatic heterocycles. The third-order valence-electron chi connectivity index (χ3n) is 6.25. The average Bonchev–Trinajstić information content (AvgIpc) is 3.51. The number of halogens is 1. The van der Waals surface area contributed by atoms with E-state index in [9.17, 15) is 9.90 Å². The molecule has 5 rings (SSSR count). The minimum atomic E-state index is -0.904. The predicted molar refractivity (Wildman–Crippen MR) is 133 cm³/mol. The van der Waals surface area contributed by atoms with Gasteiger partial charge in [-0.3, -0.25) is 9.69 Å². The summed E-state index contributed by atoms with van der Waals surface area (Å²) in [5, 5.41) is 15.5. The predicted octanol–water partition coefficient (Wildman–Crippen LogP) is 5.93. The van der Waals surface area contributed by atoms with Gasteiger partial charge >= 0.3 is 0 Å². The summed E-state index contributed by atoms with van der Waals surface area (Å²) in [6, 6.07) is 18.0. The van der Waals surface area contributed by atoms with Gasteiger partial charge in [-0.05, 0) is 79.1 Å².